The van der Waals surface area contributed by atoms with Crippen LogP contribution in [-0.2, 0) is 4.79 Å². The molecule has 27 heavy (non-hydrogen) atoms. The monoisotopic (exact) mass is 512 g/mol. The maximum Gasteiger partial charge on any atom is 0.260 e. The van der Waals surface area contributed by atoms with Crippen molar-refractivity contribution < 1.29 is 13.9 Å². The number of carbonyl (C=O) groups excluding carboxylic acids is 1. The Labute approximate surface area is 177 Å². The Balaban J connectivity index is 1.76. The second-order valence-corrected chi connectivity index (χ2v) is 8.37. The molecule has 2 aromatic rings. The molecule has 1 aliphatic rings. The Morgan fingerprint density at radius 2 is 2.00 bits per heavy atom. The van der Waals surface area contributed by atoms with Crippen molar-refractivity contribution in [3.8, 4) is 5.75 Å². The lowest BCUT2D eigenvalue weighted by molar-refractivity contribution is -0.116. The van der Waals surface area contributed by atoms with Crippen LogP contribution in [-0.4, -0.2) is 18.0 Å². The van der Waals surface area contributed by atoms with Crippen LogP contribution in [0.4, 0.5) is 10.1 Å². The summed E-state index contributed by atoms with van der Waals surface area (Å²) in [5.41, 5.74) is 0.720. The van der Waals surface area contributed by atoms with E-state index in [1.54, 1.807) is 30.4 Å². The summed E-state index contributed by atoms with van der Waals surface area (Å²) < 4.78 is 20.9. The number of carbonyl (C=O) groups is 1. The van der Waals surface area contributed by atoms with Crippen molar-refractivity contribution in [2.45, 2.75) is 5.50 Å². The van der Waals surface area contributed by atoms with E-state index in [4.69, 9.17) is 4.74 Å². The molecule has 0 bridgehead atoms. The molecule has 4 nitrogen and oxygen atoms in total. The Hall–Kier alpha value is -1.77. The van der Waals surface area contributed by atoms with Gasteiger partial charge in [-0.05, 0) is 67.8 Å². The molecule has 1 heterocycles. The quantitative estimate of drug-likeness (QED) is 0.394. The van der Waals surface area contributed by atoms with Gasteiger partial charge < -0.3 is 15.4 Å². The summed E-state index contributed by atoms with van der Waals surface area (Å²) in [6.07, 6.45) is 3.44. The van der Waals surface area contributed by atoms with E-state index in [9.17, 15) is 9.18 Å². The standard InChI is InChI=1S/C19H15Br2FN2O2S/c1-2-7-26-17-12(20)8-11(9-13(17)21)10-16-18(25)24-19(27-16)23-15-6-4-3-5-14(15)22/h2-6,8-10,19,23H,1,7H2,(H,24,25)/b16-10-. The van der Waals surface area contributed by atoms with E-state index in [2.05, 4.69) is 49.1 Å². The molecule has 2 N–H and O–H groups in total. The highest BCUT2D eigenvalue weighted by molar-refractivity contribution is 9.11. The zero-order chi connectivity index (χ0) is 19.4. The van der Waals surface area contributed by atoms with E-state index in [-0.39, 0.29) is 11.7 Å². The van der Waals surface area contributed by atoms with Gasteiger partial charge in [-0.15, -0.1) is 0 Å². The second kappa shape index (κ2) is 8.95. The van der Waals surface area contributed by atoms with Crippen LogP contribution >= 0.6 is 43.6 Å². The van der Waals surface area contributed by atoms with Crippen LogP contribution in [0, 0.1) is 5.82 Å². The minimum Gasteiger partial charge on any atom is -0.487 e. The number of nitrogens with one attached hydrogen (secondary N) is 2. The number of amides is 1. The van der Waals surface area contributed by atoms with Crippen molar-refractivity contribution in [3.63, 3.8) is 0 Å². The number of anilines is 1. The van der Waals surface area contributed by atoms with Gasteiger partial charge in [0.25, 0.3) is 5.91 Å². The normalized spacial score (nSPS) is 17.7. The van der Waals surface area contributed by atoms with Crippen molar-refractivity contribution in [1.29, 1.82) is 0 Å². The van der Waals surface area contributed by atoms with Gasteiger partial charge >= 0.3 is 0 Å². The van der Waals surface area contributed by atoms with Crippen molar-refractivity contribution in [3.05, 3.63) is 74.3 Å². The van der Waals surface area contributed by atoms with Crippen molar-refractivity contribution in [2.24, 2.45) is 0 Å². The minimum absolute atomic E-state index is 0.215. The van der Waals surface area contributed by atoms with Crippen molar-refractivity contribution >= 4 is 61.3 Å². The van der Waals surface area contributed by atoms with E-state index < -0.39 is 5.50 Å². The third-order valence-corrected chi connectivity index (χ3v) is 5.76. The largest absolute Gasteiger partial charge is 0.487 e. The third kappa shape index (κ3) is 4.94. The van der Waals surface area contributed by atoms with Crippen LogP contribution in [0.25, 0.3) is 6.08 Å². The molecule has 1 amide bonds. The summed E-state index contributed by atoms with van der Waals surface area (Å²) in [5.74, 6) is 0.0838. The van der Waals surface area contributed by atoms with Gasteiger partial charge in [-0.3, -0.25) is 4.79 Å². The summed E-state index contributed by atoms with van der Waals surface area (Å²) in [7, 11) is 0. The highest BCUT2D eigenvalue weighted by Crippen LogP contribution is 2.37. The number of benzene rings is 2. The van der Waals surface area contributed by atoms with Crippen LogP contribution in [0.3, 0.4) is 0 Å². The smallest absolute Gasteiger partial charge is 0.260 e. The molecular formula is C19H15Br2FN2O2S. The molecule has 8 heteroatoms. The van der Waals surface area contributed by atoms with Crippen molar-refractivity contribution in [2.75, 3.05) is 11.9 Å². The summed E-state index contributed by atoms with van der Waals surface area (Å²) in [6.45, 7) is 4.02. The summed E-state index contributed by atoms with van der Waals surface area (Å²) >= 11 is 8.25. The van der Waals surface area contributed by atoms with E-state index in [0.717, 1.165) is 14.5 Å². The average molecular weight is 514 g/mol. The van der Waals surface area contributed by atoms with E-state index in [1.165, 1.54) is 17.8 Å². The minimum atomic E-state index is -0.442. The molecule has 0 radical (unpaired) electrons. The fraction of sp³-hybridized carbons (Fsp3) is 0.105. The highest BCUT2D eigenvalue weighted by Gasteiger charge is 2.27. The first-order valence-electron chi connectivity index (χ1n) is 7.91. The lowest BCUT2D eigenvalue weighted by atomic mass is 10.2. The Kier molecular flexibility index (Phi) is 6.62. The van der Waals surface area contributed by atoms with Gasteiger partial charge in [-0.2, -0.15) is 0 Å². The number of ether oxygens (including phenoxy) is 1. The molecule has 1 aliphatic heterocycles. The fourth-order valence-corrected chi connectivity index (χ4v) is 4.81. The van der Waals surface area contributed by atoms with Gasteiger partial charge in [0, 0.05) is 0 Å². The van der Waals surface area contributed by atoms with Gasteiger partial charge in [-0.25, -0.2) is 4.39 Å². The summed E-state index contributed by atoms with van der Waals surface area (Å²) in [5, 5.41) is 5.76. The topological polar surface area (TPSA) is 50.4 Å². The highest BCUT2D eigenvalue weighted by atomic mass is 79.9. The number of para-hydroxylation sites is 1. The Bertz CT molecular complexity index is 897. The van der Waals surface area contributed by atoms with E-state index in [0.29, 0.717) is 22.9 Å². The van der Waals surface area contributed by atoms with Crippen LogP contribution in [0.1, 0.15) is 5.56 Å². The van der Waals surface area contributed by atoms with Gasteiger partial charge in [0.1, 0.15) is 18.2 Å². The second-order valence-electron chi connectivity index (χ2n) is 5.52. The molecule has 0 aromatic heterocycles. The third-order valence-electron chi connectivity index (χ3n) is 3.56. The van der Waals surface area contributed by atoms with Crippen LogP contribution in [0.15, 0.2) is 62.9 Å². The number of halogens is 3. The van der Waals surface area contributed by atoms with Crippen LogP contribution in [0.2, 0.25) is 0 Å². The van der Waals surface area contributed by atoms with Crippen LogP contribution < -0.4 is 15.4 Å². The van der Waals surface area contributed by atoms with E-state index in [1.807, 2.05) is 12.1 Å². The molecule has 1 fully saturated rings. The van der Waals surface area contributed by atoms with Crippen molar-refractivity contribution in [1.82, 2.24) is 5.32 Å². The maximum absolute atomic E-state index is 13.8. The Morgan fingerprint density at radius 3 is 2.67 bits per heavy atom. The average Bonchev–Trinajstić information content (AvgIpc) is 2.95. The summed E-state index contributed by atoms with van der Waals surface area (Å²) in [6, 6.07) is 10.1. The number of rotatable bonds is 6. The zero-order valence-corrected chi connectivity index (χ0v) is 18.0. The predicted octanol–water partition coefficient (Wildman–Crippen LogP) is 5.52. The zero-order valence-electron chi connectivity index (χ0n) is 14.0. The number of thioether (sulfide) groups is 1. The molecule has 3 rings (SSSR count). The van der Waals surface area contributed by atoms with Gasteiger partial charge in [0.15, 0.2) is 5.50 Å². The lowest BCUT2D eigenvalue weighted by Gasteiger charge is -2.13. The fourth-order valence-electron chi connectivity index (χ4n) is 2.38. The number of hydrogen-bond acceptors (Lipinski definition) is 4. The first-order valence-corrected chi connectivity index (χ1v) is 10.4. The molecule has 1 unspecified atom stereocenters. The van der Waals surface area contributed by atoms with E-state index >= 15 is 0 Å². The van der Waals surface area contributed by atoms with Gasteiger partial charge in [-0.1, -0.05) is 36.5 Å². The van der Waals surface area contributed by atoms with Gasteiger partial charge in [0.2, 0.25) is 0 Å². The van der Waals surface area contributed by atoms with Crippen LogP contribution in [0.5, 0.6) is 5.75 Å². The first kappa shape index (κ1) is 20.0. The van der Waals surface area contributed by atoms with Gasteiger partial charge in [0.05, 0.1) is 19.5 Å². The first-order chi connectivity index (χ1) is 13.0. The molecule has 0 spiro atoms. The lowest BCUT2D eigenvalue weighted by Crippen LogP contribution is -2.31. The molecule has 0 aliphatic carbocycles. The molecule has 140 valence electrons. The Morgan fingerprint density at radius 1 is 1.30 bits per heavy atom. The number of hydrogen-bond donors (Lipinski definition) is 2. The summed E-state index contributed by atoms with van der Waals surface area (Å²) in [4.78, 5) is 12.8. The molecule has 1 atom stereocenters. The molecule has 2 aromatic carbocycles. The SMILES string of the molecule is C=CCOc1c(Br)cc(/C=C2\SC(Nc3ccccc3F)NC2=O)cc1Br. The molecule has 1 saturated heterocycles. The maximum atomic E-state index is 13.8. The predicted molar refractivity (Wildman–Crippen MR) is 115 cm³/mol. The molecule has 0 saturated carbocycles. The molecular weight excluding hydrogens is 499 g/mol.